The van der Waals surface area contributed by atoms with Crippen molar-refractivity contribution in [1.29, 1.82) is 0 Å². The minimum absolute atomic E-state index is 0.00173. The number of para-hydroxylation sites is 1. The lowest BCUT2D eigenvalue weighted by atomic mass is 10.1. The molecule has 122 valence electrons. The van der Waals surface area contributed by atoms with E-state index in [1.807, 2.05) is 24.3 Å². The van der Waals surface area contributed by atoms with Gasteiger partial charge in [0.1, 0.15) is 0 Å². The first-order valence-corrected chi connectivity index (χ1v) is 8.65. The van der Waals surface area contributed by atoms with Crippen LogP contribution in [0.4, 0.5) is 5.69 Å². The van der Waals surface area contributed by atoms with Gasteiger partial charge in [-0.15, -0.1) is 0 Å². The van der Waals surface area contributed by atoms with Crippen LogP contribution >= 0.6 is 15.9 Å². The number of nitrogens with one attached hydrogen (secondary N) is 2. The fourth-order valence-electron chi connectivity index (χ4n) is 2.96. The Kier molecular flexibility index (Phi) is 5.13. The maximum absolute atomic E-state index is 12.4. The van der Waals surface area contributed by atoms with Crippen LogP contribution in [-0.4, -0.2) is 38.0 Å². The fraction of sp³-hybridized carbons (Fsp3) is 0.412. The number of nitrogens with zero attached hydrogens (tertiary/aromatic N) is 1. The number of amides is 2. The van der Waals surface area contributed by atoms with E-state index in [0.29, 0.717) is 13.1 Å². The summed E-state index contributed by atoms with van der Waals surface area (Å²) >= 11 is 3.47. The summed E-state index contributed by atoms with van der Waals surface area (Å²) in [6.45, 7) is 2.84. The Bertz CT molecular complexity index is 644. The predicted molar refractivity (Wildman–Crippen MR) is 93.2 cm³/mol. The SMILES string of the molecule is O=C(NCC1=CCNCC1)C1CC(=O)N(c2ccccc2Br)C1. The summed E-state index contributed by atoms with van der Waals surface area (Å²) in [4.78, 5) is 26.3. The molecule has 0 aromatic heterocycles. The number of benzene rings is 1. The third-order valence-electron chi connectivity index (χ3n) is 4.29. The molecule has 0 bridgehead atoms. The Morgan fingerprint density at radius 1 is 1.39 bits per heavy atom. The molecule has 1 fully saturated rings. The van der Waals surface area contributed by atoms with E-state index in [9.17, 15) is 9.59 Å². The predicted octanol–water partition coefficient (Wildman–Crippen LogP) is 1.84. The van der Waals surface area contributed by atoms with Crippen LogP contribution in [0.3, 0.4) is 0 Å². The van der Waals surface area contributed by atoms with Crippen LogP contribution in [0.1, 0.15) is 12.8 Å². The van der Waals surface area contributed by atoms with Crippen LogP contribution in [-0.2, 0) is 9.59 Å². The van der Waals surface area contributed by atoms with Crippen LogP contribution in [0.15, 0.2) is 40.4 Å². The monoisotopic (exact) mass is 377 g/mol. The van der Waals surface area contributed by atoms with Gasteiger partial charge in [-0.05, 0) is 41.0 Å². The third kappa shape index (κ3) is 3.82. The summed E-state index contributed by atoms with van der Waals surface area (Å²) in [6, 6.07) is 7.59. The zero-order valence-electron chi connectivity index (χ0n) is 12.8. The third-order valence-corrected chi connectivity index (χ3v) is 4.96. The van der Waals surface area contributed by atoms with Gasteiger partial charge in [0.15, 0.2) is 0 Å². The second-order valence-electron chi connectivity index (χ2n) is 5.89. The maximum atomic E-state index is 12.4. The molecule has 6 heteroatoms. The number of rotatable bonds is 4. The van der Waals surface area contributed by atoms with Crippen molar-refractivity contribution < 1.29 is 9.59 Å². The largest absolute Gasteiger partial charge is 0.352 e. The Labute approximate surface area is 144 Å². The molecule has 2 amide bonds. The molecule has 2 aliphatic rings. The molecular formula is C17H20BrN3O2. The zero-order chi connectivity index (χ0) is 16.2. The number of anilines is 1. The average molecular weight is 378 g/mol. The van der Waals surface area contributed by atoms with E-state index >= 15 is 0 Å². The van der Waals surface area contributed by atoms with Crippen molar-refractivity contribution in [2.75, 3.05) is 31.1 Å². The number of carbonyl (C=O) groups excluding carboxylic acids is 2. The first kappa shape index (κ1) is 16.2. The van der Waals surface area contributed by atoms with Gasteiger partial charge in [0.2, 0.25) is 11.8 Å². The van der Waals surface area contributed by atoms with Gasteiger partial charge < -0.3 is 15.5 Å². The first-order valence-electron chi connectivity index (χ1n) is 7.86. The second-order valence-corrected chi connectivity index (χ2v) is 6.75. The van der Waals surface area contributed by atoms with Gasteiger partial charge in [-0.3, -0.25) is 9.59 Å². The highest BCUT2D eigenvalue weighted by atomic mass is 79.9. The number of hydrogen-bond acceptors (Lipinski definition) is 3. The molecule has 0 saturated carbocycles. The zero-order valence-corrected chi connectivity index (χ0v) is 14.4. The Hall–Kier alpha value is -1.66. The van der Waals surface area contributed by atoms with E-state index in [2.05, 4.69) is 32.6 Å². The molecule has 3 rings (SSSR count). The van der Waals surface area contributed by atoms with E-state index < -0.39 is 0 Å². The smallest absolute Gasteiger partial charge is 0.227 e. The van der Waals surface area contributed by atoms with Crippen molar-refractivity contribution in [1.82, 2.24) is 10.6 Å². The molecule has 2 aliphatic heterocycles. The van der Waals surface area contributed by atoms with Gasteiger partial charge in [-0.25, -0.2) is 0 Å². The van der Waals surface area contributed by atoms with E-state index in [4.69, 9.17) is 0 Å². The lowest BCUT2D eigenvalue weighted by molar-refractivity contribution is -0.126. The highest BCUT2D eigenvalue weighted by Crippen LogP contribution is 2.31. The van der Waals surface area contributed by atoms with Crippen molar-refractivity contribution in [3.8, 4) is 0 Å². The number of hydrogen-bond donors (Lipinski definition) is 2. The van der Waals surface area contributed by atoms with Crippen molar-refractivity contribution >= 4 is 33.4 Å². The van der Waals surface area contributed by atoms with E-state index in [1.165, 1.54) is 5.57 Å². The molecule has 2 heterocycles. The normalized spacial score (nSPS) is 21.3. The quantitative estimate of drug-likeness (QED) is 0.787. The van der Waals surface area contributed by atoms with Gasteiger partial charge >= 0.3 is 0 Å². The molecule has 1 unspecified atom stereocenters. The minimum Gasteiger partial charge on any atom is -0.352 e. The molecule has 2 N–H and O–H groups in total. The number of carbonyl (C=O) groups is 2. The van der Waals surface area contributed by atoms with Crippen molar-refractivity contribution in [3.05, 3.63) is 40.4 Å². The summed E-state index contributed by atoms with van der Waals surface area (Å²) in [5, 5.41) is 6.22. The molecule has 1 aromatic carbocycles. The number of halogens is 1. The average Bonchev–Trinajstić information content (AvgIpc) is 2.96. The Morgan fingerprint density at radius 2 is 2.22 bits per heavy atom. The van der Waals surface area contributed by atoms with Gasteiger partial charge in [0, 0.05) is 30.5 Å². The van der Waals surface area contributed by atoms with Crippen LogP contribution in [0.2, 0.25) is 0 Å². The van der Waals surface area contributed by atoms with Crippen LogP contribution in [0.5, 0.6) is 0 Å². The van der Waals surface area contributed by atoms with Crippen LogP contribution in [0.25, 0.3) is 0 Å². The summed E-state index contributed by atoms with van der Waals surface area (Å²) in [5.41, 5.74) is 2.08. The Balaban J connectivity index is 1.59. The first-order chi connectivity index (χ1) is 11.1. The summed E-state index contributed by atoms with van der Waals surface area (Å²) in [7, 11) is 0. The lowest BCUT2D eigenvalue weighted by Gasteiger charge is -2.19. The van der Waals surface area contributed by atoms with Gasteiger partial charge in [-0.1, -0.05) is 23.8 Å². The van der Waals surface area contributed by atoms with Crippen molar-refractivity contribution in [2.45, 2.75) is 12.8 Å². The molecular weight excluding hydrogens is 358 g/mol. The molecule has 0 radical (unpaired) electrons. The molecule has 0 spiro atoms. The van der Waals surface area contributed by atoms with Crippen LogP contribution in [0, 0.1) is 5.92 Å². The second kappa shape index (κ2) is 7.27. The van der Waals surface area contributed by atoms with Crippen LogP contribution < -0.4 is 15.5 Å². The van der Waals surface area contributed by atoms with Gasteiger partial charge in [0.25, 0.3) is 0 Å². The highest BCUT2D eigenvalue weighted by Gasteiger charge is 2.35. The van der Waals surface area contributed by atoms with Crippen molar-refractivity contribution in [2.24, 2.45) is 5.92 Å². The fourth-order valence-corrected chi connectivity index (χ4v) is 3.46. The Morgan fingerprint density at radius 3 is 2.96 bits per heavy atom. The lowest BCUT2D eigenvalue weighted by Crippen LogP contribution is -2.35. The molecule has 0 aliphatic carbocycles. The molecule has 1 aromatic rings. The van der Waals surface area contributed by atoms with E-state index in [-0.39, 0.29) is 24.2 Å². The maximum Gasteiger partial charge on any atom is 0.227 e. The molecule has 23 heavy (non-hydrogen) atoms. The summed E-state index contributed by atoms with van der Waals surface area (Å²) in [5.74, 6) is -0.317. The van der Waals surface area contributed by atoms with Crippen molar-refractivity contribution in [3.63, 3.8) is 0 Å². The molecule has 1 atom stereocenters. The van der Waals surface area contributed by atoms with Gasteiger partial charge in [-0.2, -0.15) is 0 Å². The standard InChI is InChI=1S/C17H20BrN3O2/c18-14-3-1-2-4-15(14)21-11-13(9-16(21)22)17(23)20-10-12-5-7-19-8-6-12/h1-5,13,19H,6-11H2,(H,20,23). The molecule has 5 nitrogen and oxygen atoms in total. The summed E-state index contributed by atoms with van der Waals surface area (Å²) < 4.78 is 0.870. The van der Waals surface area contributed by atoms with E-state index in [1.54, 1.807) is 4.90 Å². The van der Waals surface area contributed by atoms with E-state index in [0.717, 1.165) is 29.7 Å². The van der Waals surface area contributed by atoms with Gasteiger partial charge in [0.05, 0.1) is 11.6 Å². The highest BCUT2D eigenvalue weighted by molar-refractivity contribution is 9.10. The molecule has 1 saturated heterocycles. The topological polar surface area (TPSA) is 61.4 Å². The minimum atomic E-state index is -0.281. The summed E-state index contributed by atoms with van der Waals surface area (Å²) in [6.07, 6.45) is 3.36.